The summed E-state index contributed by atoms with van der Waals surface area (Å²) >= 11 is 6.41. The van der Waals surface area contributed by atoms with Gasteiger partial charge >= 0.3 is 0 Å². The number of hydrogen-bond donors (Lipinski definition) is 0. The molecule has 0 bridgehead atoms. The Kier molecular flexibility index (Phi) is 4.22. The molecule has 1 aliphatic heterocycles. The van der Waals surface area contributed by atoms with Crippen molar-refractivity contribution in [1.29, 1.82) is 0 Å². The van der Waals surface area contributed by atoms with E-state index in [9.17, 15) is 14.9 Å². The summed E-state index contributed by atoms with van der Waals surface area (Å²) in [6, 6.07) is 15.3. The number of nitro benzene ring substituents is 1. The predicted octanol–water partition coefficient (Wildman–Crippen LogP) is 4.64. The Morgan fingerprint density at radius 3 is 2.57 bits per heavy atom. The Morgan fingerprint density at radius 2 is 1.87 bits per heavy atom. The molecule has 0 saturated carbocycles. The lowest BCUT2D eigenvalue weighted by molar-refractivity contribution is -0.384. The maximum absolute atomic E-state index is 12.2. The number of amides is 1. The second kappa shape index (κ2) is 6.31. The Bertz CT molecular complexity index is 834. The molecule has 0 radical (unpaired) electrons. The van der Waals surface area contributed by atoms with E-state index in [-0.39, 0.29) is 10.9 Å². The standard InChI is InChI=1S/C16H10N2O3S2/c19-16-17(12-6-2-1-3-7-12)15(22)14(23-16)10-11-5-4-8-13(9-11)18(20)21/h1-10H. The van der Waals surface area contributed by atoms with Crippen LogP contribution in [0.3, 0.4) is 0 Å². The molecule has 0 unspecified atom stereocenters. The molecule has 1 heterocycles. The minimum atomic E-state index is -0.455. The summed E-state index contributed by atoms with van der Waals surface area (Å²) in [5.74, 6) is 0. The van der Waals surface area contributed by atoms with Crippen molar-refractivity contribution in [3.05, 3.63) is 75.2 Å². The lowest BCUT2D eigenvalue weighted by Gasteiger charge is -2.14. The van der Waals surface area contributed by atoms with Gasteiger partial charge < -0.3 is 0 Å². The van der Waals surface area contributed by atoms with Gasteiger partial charge in [-0.3, -0.25) is 19.8 Å². The van der Waals surface area contributed by atoms with E-state index < -0.39 is 4.92 Å². The van der Waals surface area contributed by atoms with Crippen LogP contribution in [0.2, 0.25) is 0 Å². The van der Waals surface area contributed by atoms with Crippen LogP contribution in [0.1, 0.15) is 5.56 Å². The molecule has 0 N–H and O–H groups in total. The predicted molar refractivity (Wildman–Crippen MR) is 95.6 cm³/mol. The summed E-state index contributed by atoms with van der Waals surface area (Å²) in [5, 5.41) is 10.7. The molecule has 0 aliphatic carbocycles. The molecule has 0 spiro atoms. The first kappa shape index (κ1) is 15.4. The molecule has 2 aromatic carbocycles. The van der Waals surface area contributed by atoms with Gasteiger partial charge in [-0.05, 0) is 35.5 Å². The molecule has 0 aromatic heterocycles. The van der Waals surface area contributed by atoms with Crippen LogP contribution in [-0.4, -0.2) is 15.2 Å². The largest absolute Gasteiger partial charge is 0.296 e. The molecular weight excluding hydrogens is 332 g/mol. The van der Waals surface area contributed by atoms with E-state index in [2.05, 4.69) is 0 Å². The highest BCUT2D eigenvalue weighted by Crippen LogP contribution is 2.36. The van der Waals surface area contributed by atoms with Crippen molar-refractivity contribution in [1.82, 2.24) is 0 Å². The maximum atomic E-state index is 12.2. The third-order valence-corrected chi connectivity index (χ3v) is 4.61. The van der Waals surface area contributed by atoms with Gasteiger partial charge in [-0.15, -0.1) is 0 Å². The zero-order valence-electron chi connectivity index (χ0n) is 11.7. The van der Waals surface area contributed by atoms with Crippen LogP contribution in [0, 0.1) is 10.1 Å². The van der Waals surface area contributed by atoms with E-state index in [1.54, 1.807) is 30.3 Å². The number of benzene rings is 2. The van der Waals surface area contributed by atoms with E-state index in [0.29, 0.717) is 21.1 Å². The Morgan fingerprint density at radius 1 is 1.13 bits per heavy atom. The SMILES string of the molecule is O=C1SC(=Cc2cccc([N+](=O)[O-])c2)C(=S)N1c1ccccc1. The summed E-state index contributed by atoms with van der Waals surface area (Å²) in [5.41, 5.74) is 1.34. The topological polar surface area (TPSA) is 63.4 Å². The number of hydrogen-bond acceptors (Lipinski definition) is 5. The second-order valence-corrected chi connectivity index (χ2v) is 6.08. The van der Waals surface area contributed by atoms with Gasteiger partial charge in [0.2, 0.25) is 0 Å². The second-order valence-electron chi connectivity index (χ2n) is 4.70. The fraction of sp³-hybridized carbons (Fsp3) is 0. The van der Waals surface area contributed by atoms with Crippen molar-refractivity contribution in [2.24, 2.45) is 0 Å². The number of thioether (sulfide) groups is 1. The first-order valence-electron chi connectivity index (χ1n) is 6.64. The molecule has 1 amide bonds. The molecule has 7 heteroatoms. The summed E-state index contributed by atoms with van der Waals surface area (Å²) < 4.78 is 0. The molecule has 1 aliphatic rings. The number of para-hydroxylation sites is 1. The molecule has 0 atom stereocenters. The normalized spacial score (nSPS) is 16.2. The van der Waals surface area contributed by atoms with Crippen LogP contribution in [0.15, 0.2) is 59.5 Å². The highest BCUT2D eigenvalue weighted by molar-refractivity contribution is 8.20. The van der Waals surface area contributed by atoms with Crippen LogP contribution >= 0.6 is 24.0 Å². The third-order valence-electron chi connectivity index (χ3n) is 3.19. The van der Waals surface area contributed by atoms with Crippen LogP contribution in [0.4, 0.5) is 16.2 Å². The summed E-state index contributed by atoms with van der Waals surface area (Å²) in [6.07, 6.45) is 1.70. The highest BCUT2D eigenvalue weighted by atomic mass is 32.2. The number of carbonyl (C=O) groups excluding carboxylic acids is 1. The molecule has 3 rings (SSSR count). The van der Waals surface area contributed by atoms with Gasteiger partial charge in [0.15, 0.2) is 0 Å². The van der Waals surface area contributed by atoms with Gasteiger partial charge in [0.1, 0.15) is 4.99 Å². The number of anilines is 1. The molecule has 23 heavy (non-hydrogen) atoms. The van der Waals surface area contributed by atoms with Gasteiger partial charge in [-0.25, -0.2) is 0 Å². The summed E-state index contributed by atoms with van der Waals surface area (Å²) in [6.45, 7) is 0. The fourth-order valence-corrected chi connectivity index (χ4v) is 3.43. The monoisotopic (exact) mass is 342 g/mol. The minimum Gasteiger partial charge on any atom is -0.261 e. The van der Waals surface area contributed by atoms with E-state index in [0.717, 1.165) is 11.8 Å². The van der Waals surface area contributed by atoms with Crippen molar-refractivity contribution >= 4 is 51.7 Å². The van der Waals surface area contributed by atoms with E-state index in [1.165, 1.54) is 17.0 Å². The lowest BCUT2D eigenvalue weighted by Crippen LogP contribution is -2.26. The van der Waals surface area contributed by atoms with Crippen LogP contribution in [0.25, 0.3) is 6.08 Å². The van der Waals surface area contributed by atoms with Crippen molar-refractivity contribution in [2.75, 3.05) is 4.90 Å². The zero-order valence-corrected chi connectivity index (χ0v) is 13.3. The molecule has 1 saturated heterocycles. The third kappa shape index (κ3) is 3.15. The number of non-ortho nitro benzene ring substituents is 1. The number of thiocarbonyl (C=S) groups is 1. The van der Waals surface area contributed by atoms with E-state index in [4.69, 9.17) is 12.2 Å². The van der Waals surface area contributed by atoms with Gasteiger partial charge in [-0.2, -0.15) is 0 Å². The minimum absolute atomic E-state index is 0.000456. The zero-order chi connectivity index (χ0) is 16.4. The average Bonchev–Trinajstić information content (AvgIpc) is 2.82. The molecule has 5 nitrogen and oxygen atoms in total. The van der Waals surface area contributed by atoms with Crippen LogP contribution in [0.5, 0.6) is 0 Å². The van der Waals surface area contributed by atoms with Gasteiger partial charge in [0.25, 0.3) is 10.9 Å². The van der Waals surface area contributed by atoms with Crippen LogP contribution < -0.4 is 4.90 Å². The first-order valence-corrected chi connectivity index (χ1v) is 7.86. The fourth-order valence-electron chi connectivity index (χ4n) is 2.15. The number of carbonyl (C=O) groups is 1. The quantitative estimate of drug-likeness (QED) is 0.352. The molecule has 2 aromatic rings. The lowest BCUT2D eigenvalue weighted by atomic mass is 10.2. The maximum Gasteiger partial charge on any atom is 0.296 e. The van der Waals surface area contributed by atoms with Gasteiger partial charge in [0.05, 0.1) is 15.5 Å². The molecular formula is C16H10N2O3S2. The Labute approximate surface area is 141 Å². The number of rotatable bonds is 3. The van der Waals surface area contributed by atoms with Crippen molar-refractivity contribution in [3.63, 3.8) is 0 Å². The Balaban J connectivity index is 1.93. The van der Waals surface area contributed by atoms with Gasteiger partial charge in [-0.1, -0.05) is 42.5 Å². The molecule has 114 valence electrons. The average molecular weight is 342 g/mol. The van der Waals surface area contributed by atoms with Crippen molar-refractivity contribution < 1.29 is 9.72 Å². The highest BCUT2D eigenvalue weighted by Gasteiger charge is 2.32. The Hall–Kier alpha value is -2.51. The van der Waals surface area contributed by atoms with Crippen molar-refractivity contribution in [2.45, 2.75) is 0 Å². The number of nitro groups is 1. The first-order chi connectivity index (χ1) is 11.1. The van der Waals surface area contributed by atoms with Gasteiger partial charge in [0, 0.05) is 12.1 Å². The van der Waals surface area contributed by atoms with Crippen molar-refractivity contribution in [3.8, 4) is 0 Å². The summed E-state index contributed by atoms with van der Waals surface area (Å²) in [7, 11) is 0. The smallest absolute Gasteiger partial charge is 0.261 e. The van der Waals surface area contributed by atoms with E-state index >= 15 is 0 Å². The van der Waals surface area contributed by atoms with E-state index in [1.807, 2.05) is 18.2 Å². The number of nitrogens with zero attached hydrogens (tertiary/aromatic N) is 2. The summed E-state index contributed by atoms with van der Waals surface area (Å²) in [4.78, 5) is 25.1. The van der Waals surface area contributed by atoms with Crippen LogP contribution in [-0.2, 0) is 0 Å². The molecule has 1 fully saturated rings.